The molecule has 0 bridgehead atoms. The van der Waals surface area contributed by atoms with Gasteiger partial charge in [0.15, 0.2) is 5.82 Å². The molecular weight excluding hydrogens is 254 g/mol. The lowest BCUT2D eigenvalue weighted by Gasteiger charge is -2.24. The van der Waals surface area contributed by atoms with Crippen molar-refractivity contribution in [1.82, 2.24) is 4.98 Å². The molecule has 1 aliphatic rings. The molecule has 0 unspecified atom stereocenters. The summed E-state index contributed by atoms with van der Waals surface area (Å²) in [7, 11) is 0. The van der Waals surface area contributed by atoms with Crippen LogP contribution in [0.5, 0.6) is 0 Å². The van der Waals surface area contributed by atoms with E-state index in [1.807, 2.05) is 11.8 Å². The Labute approximate surface area is 112 Å². The number of anilines is 2. The molecule has 3 nitrogen and oxygen atoms in total. The maximum atomic E-state index is 5.98. The molecule has 17 heavy (non-hydrogen) atoms. The van der Waals surface area contributed by atoms with Gasteiger partial charge in [-0.05, 0) is 12.5 Å². The second kappa shape index (κ2) is 4.94. The lowest BCUT2D eigenvalue weighted by atomic mass is 10.1. The Kier molecular flexibility index (Phi) is 3.73. The van der Waals surface area contributed by atoms with Gasteiger partial charge < -0.3 is 10.6 Å². The molecule has 0 spiro atoms. The molecule has 1 aromatic heterocycles. The summed E-state index contributed by atoms with van der Waals surface area (Å²) in [4.78, 5) is 6.61. The first-order valence-corrected chi connectivity index (χ1v) is 7.14. The van der Waals surface area contributed by atoms with E-state index in [0.717, 1.165) is 31.1 Å². The first-order valence-electron chi connectivity index (χ1n) is 5.78. The second-order valence-electron chi connectivity index (χ2n) is 4.91. The Hall–Kier alpha value is -0.610. The minimum absolute atomic E-state index is 0.343. The molecule has 0 atom stereocenters. The van der Waals surface area contributed by atoms with Gasteiger partial charge >= 0.3 is 0 Å². The van der Waals surface area contributed by atoms with Gasteiger partial charge in [-0.25, -0.2) is 4.98 Å². The zero-order chi connectivity index (χ0) is 12.5. The molecule has 1 aliphatic heterocycles. The Balaban J connectivity index is 2.17. The fraction of sp³-hybridized carbons (Fsp3) is 0.583. The van der Waals surface area contributed by atoms with Crippen molar-refractivity contribution in [2.45, 2.75) is 25.0 Å². The van der Waals surface area contributed by atoms with Gasteiger partial charge in [-0.15, -0.1) is 0 Å². The monoisotopic (exact) mass is 271 g/mol. The minimum atomic E-state index is 0.343. The minimum Gasteiger partial charge on any atom is -0.396 e. The average Bonchev–Trinajstić information content (AvgIpc) is 2.40. The van der Waals surface area contributed by atoms with E-state index in [1.54, 1.807) is 12.3 Å². The van der Waals surface area contributed by atoms with Gasteiger partial charge in [-0.3, -0.25) is 0 Å². The topological polar surface area (TPSA) is 42.2 Å². The van der Waals surface area contributed by atoms with Gasteiger partial charge in [-0.1, -0.05) is 25.4 Å². The first kappa shape index (κ1) is 12.8. The predicted octanol–water partition coefficient (Wildman–Crippen LogP) is 3.04. The molecule has 0 saturated carbocycles. The lowest BCUT2D eigenvalue weighted by Crippen LogP contribution is -2.28. The zero-order valence-electron chi connectivity index (χ0n) is 10.2. The Morgan fingerprint density at radius 1 is 1.47 bits per heavy atom. The van der Waals surface area contributed by atoms with E-state index in [1.165, 1.54) is 0 Å². The maximum Gasteiger partial charge on any atom is 0.151 e. The fourth-order valence-corrected chi connectivity index (χ4v) is 3.21. The molecule has 94 valence electrons. The van der Waals surface area contributed by atoms with Crippen LogP contribution < -0.4 is 10.6 Å². The number of halogens is 1. The van der Waals surface area contributed by atoms with Crippen LogP contribution in [0.1, 0.15) is 20.3 Å². The van der Waals surface area contributed by atoms with Gasteiger partial charge in [0.1, 0.15) is 0 Å². The predicted molar refractivity (Wildman–Crippen MR) is 77.0 cm³/mol. The number of pyridine rings is 1. The summed E-state index contributed by atoms with van der Waals surface area (Å²) in [6.07, 6.45) is 2.80. The van der Waals surface area contributed by atoms with Crippen molar-refractivity contribution in [2.24, 2.45) is 0 Å². The molecule has 1 fully saturated rings. The fourth-order valence-electron chi connectivity index (χ4n) is 1.94. The summed E-state index contributed by atoms with van der Waals surface area (Å²) in [6, 6.07) is 1.77. The molecule has 0 aromatic carbocycles. The number of thioether (sulfide) groups is 1. The maximum absolute atomic E-state index is 5.98. The molecule has 0 aliphatic carbocycles. The highest BCUT2D eigenvalue weighted by atomic mass is 35.5. The standard InChI is InChI=1S/C12H18ClN3S/c1-12(2)3-4-16(5-6-17-12)11-10(14)7-9(13)8-15-11/h7-8H,3-6,14H2,1-2H3. The SMILES string of the molecule is CC1(C)CCN(c2ncc(Cl)cc2N)CCS1. The smallest absolute Gasteiger partial charge is 0.151 e. The molecule has 5 heteroatoms. The van der Waals surface area contributed by atoms with Crippen molar-refractivity contribution in [2.75, 3.05) is 29.5 Å². The highest BCUT2D eigenvalue weighted by Gasteiger charge is 2.24. The molecule has 2 rings (SSSR count). The van der Waals surface area contributed by atoms with Crippen LogP contribution in [0.2, 0.25) is 5.02 Å². The van der Waals surface area contributed by atoms with Crippen LogP contribution in [-0.2, 0) is 0 Å². The van der Waals surface area contributed by atoms with Crippen molar-refractivity contribution in [1.29, 1.82) is 0 Å². The molecule has 0 radical (unpaired) electrons. The summed E-state index contributed by atoms with van der Waals surface area (Å²) in [5, 5.41) is 0.593. The molecule has 1 saturated heterocycles. The van der Waals surface area contributed by atoms with Crippen LogP contribution >= 0.6 is 23.4 Å². The van der Waals surface area contributed by atoms with Crippen LogP contribution in [-0.4, -0.2) is 28.6 Å². The van der Waals surface area contributed by atoms with Gasteiger partial charge in [-0.2, -0.15) is 11.8 Å². The van der Waals surface area contributed by atoms with Crippen LogP contribution in [0.25, 0.3) is 0 Å². The molecule has 0 amide bonds. The van der Waals surface area contributed by atoms with Crippen molar-refractivity contribution >= 4 is 34.9 Å². The van der Waals surface area contributed by atoms with Gasteiger partial charge in [0.05, 0.1) is 10.7 Å². The highest BCUT2D eigenvalue weighted by molar-refractivity contribution is 8.00. The van der Waals surface area contributed by atoms with Crippen LogP contribution in [0, 0.1) is 0 Å². The first-order chi connectivity index (χ1) is 7.98. The summed E-state index contributed by atoms with van der Waals surface area (Å²) in [5.41, 5.74) is 6.64. The van der Waals surface area contributed by atoms with Crippen molar-refractivity contribution in [3.8, 4) is 0 Å². The van der Waals surface area contributed by atoms with Crippen molar-refractivity contribution < 1.29 is 0 Å². The van der Waals surface area contributed by atoms with Crippen molar-refractivity contribution in [3.05, 3.63) is 17.3 Å². The number of nitrogen functional groups attached to an aromatic ring is 1. The number of hydrogen-bond donors (Lipinski definition) is 1. The zero-order valence-corrected chi connectivity index (χ0v) is 11.8. The lowest BCUT2D eigenvalue weighted by molar-refractivity contribution is 0.635. The van der Waals surface area contributed by atoms with Crippen LogP contribution in [0.15, 0.2) is 12.3 Å². The molecule has 2 N–H and O–H groups in total. The van der Waals surface area contributed by atoms with Gasteiger partial charge in [0.2, 0.25) is 0 Å². The number of rotatable bonds is 1. The number of aromatic nitrogens is 1. The van der Waals surface area contributed by atoms with Crippen LogP contribution in [0.4, 0.5) is 11.5 Å². The van der Waals surface area contributed by atoms with E-state index in [4.69, 9.17) is 17.3 Å². The average molecular weight is 272 g/mol. The van der Waals surface area contributed by atoms with E-state index >= 15 is 0 Å². The van der Waals surface area contributed by atoms with E-state index in [-0.39, 0.29) is 0 Å². The highest BCUT2D eigenvalue weighted by Crippen LogP contribution is 2.33. The van der Waals surface area contributed by atoms with E-state index in [0.29, 0.717) is 15.5 Å². The third kappa shape index (κ3) is 3.19. The Morgan fingerprint density at radius 3 is 2.94 bits per heavy atom. The molecular formula is C12H18ClN3S. The van der Waals surface area contributed by atoms with Gasteiger partial charge in [0.25, 0.3) is 0 Å². The van der Waals surface area contributed by atoms with E-state index < -0.39 is 0 Å². The number of nitrogens with zero attached hydrogens (tertiary/aromatic N) is 2. The summed E-state index contributed by atoms with van der Waals surface area (Å²) < 4.78 is 0.343. The third-order valence-corrected chi connectivity index (χ3v) is 4.58. The summed E-state index contributed by atoms with van der Waals surface area (Å²) >= 11 is 7.88. The number of hydrogen-bond acceptors (Lipinski definition) is 4. The van der Waals surface area contributed by atoms with Crippen LogP contribution in [0.3, 0.4) is 0 Å². The second-order valence-corrected chi connectivity index (χ2v) is 7.15. The van der Waals surface area contributed by atoms with E-state index in [9.17, 15) is 0 Å². The van der Waals surface area contributed by atoms with Crippen molar-refractivity contribution in [3.63, 3.8) is 0 Å². The molecule has 1 aromatic rings. The Bertz CT molecular complexity index is 409. The summed E-state index contributed by atoms with van der Waals surface area (Å²) in [5.74, 6) is 1.98. The Morgan fingerprint density at radius 2 is 2.24 bits per heavy atom. The largest absolute Gasteiger partial charge is 0.396 e. The quantitative estimate of drug-likeness (QED) is 0.853. The normalized spacial score (nSPS) is 20.1. The third-order valence-electron chi connectivity index (χ3n) is 3.00. The number of nitrogens with two attached hydrogens (primary N) is 1. The van der Waals surface area contributed by atoms with Gasteiger partial charge in [0, 0.05) is 29.8 Å². The van der Waals surface area contributed by atoms with E-state index in [2.05, 4.69) is 23.7 Å². The summed E-state index contributed by atoms with van der Waals surface area (Å²) in [6.45, 7) is 6.57. The molecule has 2 heterocycles.